The van der Waals surface area contributed by atoms with Crippen LogP contribution >= 0.6 is 11.3 Å². The van der Waals surface area contributed by atoms with Gasteiger partial charge in [0.25, 0.3) is 0 Å². The van der Waals surface area contributed by atoms with E-state index in [0.29, 0.717) is 6.54 Å². The largest absolute Gasteiger partial charge is 0.379 e. The quantitative estimate of drug-likeness (QED) is 0.430. The first-order valence-electron chi connectivity index (χ1n) is 8.47. The van der Waals surface area contributed by atoms with Crippen LogP contribution in [0.2, 0.25) is 0 Å². The summed E-state index contributed by atoms with van der Waals surface area (Å²) in [6.45, 7) is 6.60. The lowest BCUT2D eigenvalue weighted by atomic mass is 10.3. The number of thiazole rings is 1. The molecule has 0 amide bonds. The van der Waals surface area contributed by atoms with E-state index < -0.39 is 0 Å². The zero-order chi connectivity index (χ0) is 16.6. The Kier molecular flexibility index (Phi) is 6.45. The summed E-state index contributed by atoms with van der Waals surface area (Å²) in [5.41, 5.74) is 0.976. The Morgan fingerprint density at radius 3 is 3.29 bits per heavy atom. The highest BCUT2D eigenvalue weighted by Gasteiger charge is 2.15. The topological polar surface area (TPSA) is 72.2 Å². The minimum atomic E-state index is 0.279. The van der Waals surface area contributed by atoms with Crippen LogP contribution in [0.4, 0.5) is 0 Å². The van der Waals surface area contributed by atoms with Crippen molar-refractivity contribution in [2.24, 2.45) is 4.99 Å². The van der Waals surface area contributed by atoms with Crippen molar-refractivity contribution in [3.63, 3.8) is 0 Å². The lowest BCUT2D eigenvalue weighted by molar-refractivity contribution is 0.0420. The number of fused-ring (bicyclic) bond motifs is 1. The van der Waals surface area contributed by atoms with Crippen molar-refractivity contribution in [3.8, 4) is 0 Å². The fourth-order valence-electron chi connectivity index (χ4n) is 2.53. The average molecular weight is 351 g/mol. The Hall–Kier alpha value is -1.64. The molecule has 0 saturated carbocycles. The van der Waals surface area contributed by atoms with Crippen LogP contribution in [0.1, 0.15) is 25.5 Å². The van der Waals surface area contributed by atoms with E-state index in [1.807, 2.05) is 22.2 Å². The van der Waals surface area contributed by atoms with E-state index in [-0.39, 0.29) is 6.10 Å². The van der Waals surface area contributed by atoms with Gasteiger partial charge in [-0.05, 0) is 19.8 Å². The SMILES string of the molecule is CCNC(=NCc1cn2ccsc2n1)NCCCOC1CCOC1. The van der Waals surface area contributed by atoms with Gasteiger partial charge in [0.05, 0.1) is 24.9 Å². The molecule has 8 heteroatoms. The van der Waals surface area contributed by atoms with E-state index in [2.05, 4.69) is 27.5 Å². The Bertz CT molecular complexity index is 619. The molecule has 1 unspecified atom stereocenters. The van der Waals surface area contributed by atoms with Crippen LogP contribution < -0.4 is 10.6 Å². The molecule has 3 rings (SSSR count). The normalized spacial score (nSPS) is 18.4. The molecule has 1 saturated heterocycles. The van der Waals surface area contributed by atoms with Crippen molar-refractivity contribution in [3.05, 3.63) is 23.5 Å². The molecular formula is C16H25N5O2S. The van der Waals surface area contributed by atoms with E-state index in [1.54, 1.807) is 11.3 Å². The lowest BCUT2D eigenvalue weighted by Crippen LogP contribution is -2.38. The van der Waals surface area contributed by atoms with Crippen LogP contribution in [0, 0.1) is 0 Å². The van der Waals surface area contributed by atoms with Gasteiger partial charge in [0.2, 0.25) is 0 Å². The van der Waals surface area contributed by atoms with Gasteiger partial charge < -0.3 is 20.1 Å². The second-order valence-electron chi connectivity index (χ2n) is 5.66. The third-order valence-electron chi connectivity index (χ3n) is 3.74. The maximum absolute atomic E-state index is 5.76. The third-order valence-corrected chi connectivity index (χ3v) is 4.51. The molecule has 0 radical (unpaired) electrons. The highest BCUT2D eigenvalue weighted by atomic mass is 32.1. The molecule has 0 aromatic carbocycles. The smallest absolute Gasteiger partial charge is 0.193 e. The minimum absolute atomic E-state index is 0.279. The van der Waals surface area contributed by atoms with Gasteiger partial charge in [0.1, 0.15) is 0 Å². The van der Waals surface area contributed by atoms with Crippen molar-refractivity contribution in [1.82, 2.24) is 20.0 Å². The molecule has 0 spiro atoms. The van der Waals surface area contributed by atoms with Crippen LogP contribution in [-0.2, 0) is 16.0 Å². The Morgan fingerprint density at radius 2 is 2.50 bits per heavy atom. The van der Waals surface area contributed by atoms with Crippen LogP contribution in [0.15, 0.2) is 22.8 Å². The van der Waals surface area contributed by atoms with Crippen LogP contribution in [0.5, 0.6) is 0 Å². The number of hydrogen-bond donors (Lipinski definition) is 2. The van der Waals surface area contributed by atoms with E-state index in [1.165, 1.54) is 0 Å². The van der Waals surface area contributed by atoms with E-state index in [0.717, 1.165) is 62.4 Å². The van der Waals surface area contributed by atoms with Crippen molar-refractivity contribution in [1.29, 1.82) is 0 Å². The number of imidazole rings is 1. The van der Waals surface area contributed by atoms with E-state index in [4.69, 9.17) is 9.47 Å². The molecule has 2 aromatic heterocycles. The van der Waals surface area contributed by atoms with Crippen LogP contribution in [-0.4, -0.2) is 54.4 Å². The van der Waals surface area contributed by atoms with Gasteiger partial charge in [-0.15, -0.1) is 11.3 Å². The maximum atomic E-state index is 5.76. The molecule has 0 aliphatic carbocycles. The number of rotatable bonds is 8. The second kappa shape index (κ2) is 9.00. The Labute approximate surface area is 146 Å². The van der Waals surface area contributed by atoms with Crippen molar-refractivity contribution >= 4 is 22.3 Å². The lowest BCUT2D eigenvalue weighted by Gasteiger charge is -2.12. The zero-order valence-corrected chi connectivity index (χ0v) is 14.8. The maximum Gasteiger partial charge on any atom is 0.193 e. The third kappa shape index (κ3) is 4.93. The van der Waals surface area contributed by atoms with Crippen molar-refractivity contribution in [2.45, 2.75) is 32.4 Å². The molecule has 2 N–H and O–H groups in total. The summed E-state index contributed by atoms with van der Waals surface area (Å²) in [7, 11) is 0. The summed E-state index contributed by atoms with van der Waals surface area (Å²) < 4.78 is 13.1. The predicted molar refractivity (Wildman–Crippen MR) is 95.7 cm³/mol. The summed E-state index contributed by atoms with van der Waals surface area (Å²) in [5.74, 6) is 0.818. The summed E-state index contributed by atoms with van der Waals surface area (Å²) in [6.07, 6.45) is 6.28. The number of aliphatic imine (C=N–C) groups is 1. The molecule has 1 aliphatic heterocycles. The molecule has 7 nitrogen and oxygen atoms in total. The highest BCUT2D eigenvalue weighted by molar-refractivity contribution is 7.15. The zero-order valence-electron chi connectivity index (χ0n) is 14.0. The summed E-state index contributed by atoms with van der Waals surface area (Å²) in [4.78, 5) is 10.1. The van der Waals surface area contributed by atoms with Crippen LogP contribution in [0.3, 0.4) is 0 Å². The number of aromatic nitrogens is 2. The van der Waals surface area contributed by atoms with Crippen molar-refractivity contribution < 1.29 is 9.47 Å². The van der Waals surface area contributed by atoms with Gasteiger partial charge in [0.15, 0.2) is 10.9 Å². The first kappa shape index (κ1) is 17.2. The number of hydrogen-bond acceptors (Lipinski definition) is 5. The van der Waals surface area contributed by atoms with Crippen molar-refractivity contribution in [2.75, 3.05) is 32.9 Å². The molecule has 1 aliphatic rings. The van der Waals surface area contributed by atoms with Gasteiger partial charge in [-0.3, -0.25) is 4.40 Å². The molecule has 1 atom stereocenters. The van der Waals surface area contributed by atoms with Crippen LogP contribution in [0.25, 0.3) is 4.96 Å². The number of nitrogens with one attached hydrogen (secondary N) is 2. The monoisotopic (exact) mass is 351 g/mol. The highest BCUT2D eigenvalue weighted by Crippen LogP contribution is 2.11. The fraction of sp³-hybridized carbons (Fsp3) is 0.625. The first-order valence-corrected chi connectivity index (χ1v) is 9.35. The van der Waals surface area contributed by atoms with Gasteiger partial charge in [-0.1, -0.05) is 0 Å². The molecule has 24 heavy (non-hydrogen) atoms. The van der Waals surface area contributed by atoms with E-state index >= 15 is 0 Å². The first-order chi connectivity index (χ1) is 11.8. The molecule has 1 fully saturated rings. The Balaban J connectivity index is 1.40. The molecule has 0 bridgehead atoms. The molecule has 3 heterocycles. The van der Waals surface area contributed by atoms with Gasteiger partial charge in [0, 0.05) is 44.1 Å². The van der Waals surface area contributed by atoms with Gasteiger partial charge >= 0.3 is 0 Å². The molecular weight excluding hydrogens is 326 g/mol. The summed E-state index contributed by atoms with van der Waals surface area (Å²) in [5, 5.41) is 8.63. The van der Waals surface area contributed by atoms with Gasteiger partial charge in [-0.2, -0.15) is 0 Å². The molecule has 132 valence electrons. The van der Waals surface area contributed by atoms with E-state index in [9.17, 15) is 0 Å². The molecule has 2 aromatic rings. The number of nitrogens with zero attached hydrogens (tertiary/aromatic N) is 3. The summed E-state index contributed by atoms with van der Waals surface area (Å²) >= 11 is 1.63. The fourth-order valence-corrected chi connectivity index (χ4v) is 3.25. The minimum Gasteiger partial charge on any atom is -0.379 e. The standard InChI is InChI=1S/C16H25N5O2S/c1-2-17-15(18-5-3-7-23-14-4-8-22-12-14)19-10-13-11-21-6-9-24-16(21)20-13/h6,9,11,14H,2-5,7-8,10,12H2,1H3,(H2,17,18,19). The average Bonchev–Trinajstić information content (AvgIpc) is 3.29. The predicted octanol–water partition coefficient (Wildman–Crippen LogP) is 1.65. The Morgan fingerprint density at radius 1 is 1.54 bits per heavy atom. The van der Waals surface area contributed by atoms with Gasteiger partial charge in [-0.25, -0.2) is 9.98 Å². The summed E-state index contributed by atoms with van der Waals surface area (Å²) in [6, 6.07) is 0. The second-order valence-corrected chi connectivity index (χ2v) is 6.53. The number of guanidine groups is 1. The number of ether oxygens (including phenoxy) is 2.